The van der Waals surface area contributed by atoms with E-state index in [1.54, 1.807) is 20.8 Å². The van der Waals surface area contributed by atoms with E-state index in [2.05, 4.69) is 5.32 Å². The largest absolute Gasteiger partial charge is 0.478 e. The number of amides is 1. The van der Waals surface area contributed by atoms with E-state index < -0.39 is 29.9 Å². The van der Waals surface area contributed by atoms with E-state index in [0.29, 0.717) is 0 Å². The summed E-state index contributed by atoms with van der Waals surface area (Å²) < 4.78 is 5.04. The number of hydrogen-bond donors (Lipinski definition) is 4. The molecule has 2 unspecified atom stereocenters. The molecule has 0 bridgehead atoms. The van der Waals surface area contributed by atoms with Crippen LogP contribution in [0, 0.1) is 0 Å². The quantitative estimate of drug-likeness (QED) is 0.619. The van der Waals surface area contributed by atoms with Crippen LogP contribution in [0.1, 0.15) is 49.2 Å². The average molecular weight is 360 g/mol. The van der Waals surface area contributed by atoms with Gasteiger partial charge in [0.1, 0.15) is 11.7 Å². The van der Waals surface area contributed by atoms with Crippen LogP contribution in [0.3, 0.4) is 0 Å². The lowest BCUT2D eigenvalue weighted by Gasteiger charge is -2.22. The van der Waals surface area contributed by atoms with Gasteiger partial charge in [0.25, 0.3) is 0 Å². The first kappa shape index (κ1) is 20.2. The van der Waals surface area contributed by atoms with Gasteiger partial charge in [0.05, 0.1) is 11.7 Å². The van der Waals surface area contributed by atoms with Crippen LogP contribution in [-0.2, 0) is 4.74 Å². The standard InChI is InChI=1S/C16H22ClNO6/c1-16(2,3)24-15(23)18-7-6-12(19)13(20)11-8-9(17)4-5-10(11)14(21)22/h4-5,8,12-13,19-20H,6-7H2,1-3H3,(H,18,23)(H,21,22). The molecule has 7 nitrogen and oxygen atoms in total. The van der Waals surface area contributed by atoms with Crippen molar-refractivity contribution in [3.05, 3.63) is 34.3 Å². The lowest BCUT2D eigenvalue weighted by Crippen LogP contribution is -2.34. The summed E-state index contributed by atoms with van der Waals surface area (Å²) in [6.07, 6.45) is -3.36. The number of benzene rings is 1. The number of nitrogens with one attached hydrogen (secondary N) is 1. The molecule has 0 heterocycles. The maximum atomic E-state index is 11.5. The van der Waals surface area contributed by atoms with E-state index in [4.69, 9.17) is 21.4 Å². The van der Waals surface area contributed by atoms with Gasteiger partial charge in [-0.2, -0.15) is 0 Å². The summed E-state index contributed by atoms with van der Waals surface area (Å²) in [5.74, 6) is -1.24. The van der Waals surface area contributed by atoms with Crippen molar-refractivity contribution in [2.45, 2.75) is 45.0 Å². The number of rotatable bonds is 6. The minimum atomic E-state index is -1.45. The second-order valence-corrected chi connectivity index (χ2v) is 6.70. The van der Waals surface area contributed by atoms with E-state index in [1.807, 2.05) is 0 Å². The third kappa shape index (κ3) is 6.35. The van der Waals surface area contributed by atoms with Crippen molar-refractivity contribution in [3.63, 3.8) is 0 Å². The zero-order chi connectivity index (χ0) is 18.5. The molecular weight excluding hydrogens is 338 g/mol. The Morgan fingerprint density at radius 3 is 2.46 bits per heavy atom. The van der Waals surface area contributed by atoms with Crippen LogP contribution < -0.4 is 5.32 Å². The summed E-state index contributed by atoms with van der Waals surface area (Å²) in [5, 5.41) is 32.0. The molecule has 1 aromatic rings. The van der Waals surface area contributed by atoms with Crippen LogP contribution in [0.4, 0.5) is 4.79 Å². The highest BCUT2D eigenvalue weighted by Gasteiger charge is 2.24. The maximum Gasteiger partial charge on any atom is 0.407 e. The Kier molecular flexibility index (Phi) is 7.01. The SMILES string of the molecule is CC(C)(C)OC(=O)NCCC(O)C(O)c1cc(Cl)ccc1C(=O)O. The summed E-state index contributed by atoms with van der Waals surface area (Å²) in [6, 6.07) is 3.94. The van der Waals surface area contributed by atoms with Crippen LogP contribution in [0.2, 0.25) is 5.02 Å². The van der Waals surface area contributed by atoms with Crippen molar-refractivity contribution in [1.29, 1.82) is 0 Å². The molecule has 0 saturated heterocycles. The number of carboxylic acids is 1. The smallest absolute Gasteiger partial charge is 0.407 e. The Labute approximate surface area is 145 Å². The number of carbonyl (C=O) groups is 2. The minimum absolute atomic E-state index is 0.00593. The van der Waals surface area contributed by atoms with Gasteiger partial charge in [-0.1, -0.05) is 11.6 Å². The zero-order valence-electron chi connectivity index (χ0n) is 13.7. The van der Waals surface area contributed by atoms with Crippen LogP contribution in [-0.4, -0.2) is 45.6 Å². The van der Waals surface area contributed by atoms with E-state index in [1.165, 1.54) is 18.2 Å². The Balaban J connectivity index is 2.66. The molecule has 0 saturated carbocycles. The summed E-state index contributed by atoms with van der Waals surface area (Å²) in [4.78, 5) is 22.7. The van der Waals surface area contributed by atoms with Crippen LogP contribution >= 0.6 is 11.6 Å². The van der Waals surface area contributed by atoms with Crippen molar-refractivity contribution in [3.8, 4) is 0 Å². The third-order valence-corrected chi connectivity index (χ3v) is 3.27. The van der Waals surface area contributed by atoms with Gasteiger partial charge in [-0.15, -0.1) is 0 Å². The Hall–Kier alpha value is -1.83. The zero-order valence-corrected chi connectivity index (χ0v) is 14.5. The predicted octanol–water partition coefficient (Wildman–Crippen LogP) is 2.35. The number of halogens is 1. The molecule has 1 amide bonds. The molecule has 1 rings (SSSR count). The molecule has 134 valence electrons. The lowest BCUT2D eigenvalue weighted by atomic mass is 9.97. The molecule has 24 heavy (non-hydrogen) atoms. The second-order valence-electron chi connectivity index (χ2n) is 6.27. The Morgan fingerprint density at radius 1 is 1.29 bits per heavy atom. The van der Waals surface area contributed by atoms with Gasteiger partial charge >= 0.3 is 12.1 Å². The number of ether oxygens (including phenoxy) is 1. The van der Waals surface area contributed by atoms with Gasteiger partial charge in [0.2, 0.25) is 0 Å². The van der Waals surface area contributed by atoms with E-state index in [-0.39, 0.29) is 29.1 Å². The Morgan fingerprint density at radius 2 is 1.92 bits per heavy atom. The molecule has 0 fully saturated rings. The Bertz CT molecular complexity index is 599. The number of hydrogen-bond acceptors (Lipinski definition) is 5. The number of carbonyl (C=O) groups excluding carboxylic acids is 1. The number of aromatic carboxylic acids is 1. The molecule has 1 aromatic carbocycles. The first-order valence-corrected chi connectivity index (χ1v) is 7.75. The fourth-order valence-corrected chi connectivity index (χ4v) is 2.16. The van der Waals surface area contributed by atoms with E-state index in [9.17, 15) is 19.8 Å². The predicted molar refractivity (Wildman–Crippen MR) is 88.2 cm³/mol. The molecular formula is C16H22ClNO6. The highest BCUT2D eigenvalue weighted by atomic mass is 35.5. The van der Waals surface area contributed by atoms with E-state index >= 15 is 0 Å². The van der Waals surface area contributed by atoms with Crippen molar-refractivity contribution >= 4 is 23.7 Å². The monoisotopic (exact) mass is 359 g/mol. The summed E-state index contributed by atoms with van der Waals surface area (Å²) in [7, 11) is 0. The first-order chi connectivity index (χ1) is 11.0. The van der Waals surface area contributed by atoms with Crippen LogP contribution in [0.15, 0.2) is 18.2 Å². The first-order valence-electron chi connectivity index (χ1n) is 7.37. The topological polar surface area (TPSA) is 116 Å². The molecule has 0 spiro atoms. The molecule has 8 heteroatoms. The fraction of sp³-hybridized carbons (Fsp3) is 0.500. The lowest BCUT2D eigenvalue weighted by molar-refractivity contribution is 0.0115. The third-order valence-electron chi connectivity index (χ3n) is 3.04. The normalized spacial score (nSPS) is 13.9. The van der Waals surface area contributed by atoms with Crippen LogP contribution in [0.5, 0.6) is 0 Å². The van der Waals surface area contributed by atoms with Crippen molar-refractivity contribution in [1.82, 2.24) is 5.32 Å². The molecule has 4 N–H and O–H groups in total. The molecule has 0 aliphatic rings. The molecule has 0 aliphatic heterocycles. The van der Waals surface area contributed by atoms with Gasteiger partial charge < -0.3 is 25.4 Å². The van der Waals surface area contributed by atoms with Gasteiger partial charge in [-0.25, -0.2) is 9.59 Å². The van der Waals surface area contributed by atoms with Crippen molar-refractivity contribution < 1.29 is 29.6 Å². The second kappa shape index (κ2) is 8.32. The summed E-state index contributed by atoms with van der Waals surface area (Å²) in [5.41, 5.74) is -0.773. The number of aliphatic hydroxyl groups excluding tert-OH is 2. The van der Waals surface area contributed by atoms with Crippen molar-refractivity contribution in [2.24, 2.45) is 0 Å². The highest BCUT2D eigenvalue weighted by molar-refractivity contribution is 6.30. The summed E-state index contributed by atoms with van der Waals surface area (Å²) in [6.45, 7) is 5.21. The molecule has 2 atom stereocenters. The van der Waals surface area contributed by atoms with Crippen LogP contribution in [0.25, 0.3) is 0 Å². The van der Waals surface area contributed by atoms with Gasteiger partial charge in [-0.05, 0) is 51.0 Å². The van der Waals surface area contributed by atoms with Gasteiger partial charge in [-0.3, -0.25) is 0 Å². The number of aliphatic hydroxyl groups is 2. The van der Waals surface area contributed by atoms with Crippen molar-refractivity contribution in [2.75, 3.05) is 6.54 Å². The van der Waals surface area contributed by atoms with E-state index in [0.717, 1.165) is 0 Å². The number of alkyl carbamates (subject to hydrolysis) is 1. The summed E-state index contributed by atoms with van der Waals surface area (Å²) >= 11 is 5.82. The minimum Gasteiger partial charge on any atom is -0.478 e. The van der Waals surface area contributed by atoms with Gasteiger partial charge in [0.15, 0.2) is 0 Å². The van der Waals surface area contributed by atoms with Gasteiger partial charge in [0, 0.05) is 11.6 Å². The average Bonchev–Trinajstić information content (AvgIpc) is 2.43. The maximum absolute atomic E-state index is 11.5. The molecule has 0 aromatic heterocycles. The number of carboxylic acid groups (broad SMARTS) is 1. The highest BCUT2D eigenvalue weighted by Crippen LogP contribution is 2.26. The fourth-order valence-electron chi connectivity index (χ4n) is 1.97. The molecule has 0 radical (unpaired) electrons. The molecule has 0 aliphatic carbocycles.